The number of hydrogen-bond donors (Lipinski definition) is 2. The Morgan fingerprint density at radius 3 is 2.67 bits per heavy atom. The average molecular weight is 322 g/mol. The fraction of sp³-hybridized carbons (Fsp3) is 0.167. The van der Waals surface area contributed by atoms with Crippen molar-refractivity contribution >= 4 is 5.91 Å². The molecule has 0 saturated heterocycles. The van der Waals surface area contributed by atoms with Crippen LogP contribution in [0, 0.1) is 0 Å². The van der Waals surface area contributed by atoms with Crippen molar-refractivity contribution < 1.29 is 4.79 Å². The summed E-state index contributed by atoms with van der Waals surface area (Å²) in [7, 11) is 0. The third kappa shape index (κ3) is 3.78. The molecule has 0 aliphatic carbocycles. The molecule has 2 heterocycles. The molecule has 3 aromatic rings. The Kier molecular flexibility index (Phi) is 4.86. The van der Waals surface area contributed by atoms with Gasteiger partial charge in [-0.3, -0.25) is 14.3 Å². The van der Waals surface area contributed by atoms with E-state index in [1.165, 1.54) is 10.8 Å². The van der Waals surface area contributed by atoms with E-state index in [1.807, 2.05) is 48.5 Å². The molecule has 0 aliphatic rings. The van der Waals surface area contributed by atoms with E-state index in [2.05, 4.69) is 15.3 Å². The van der Waals surface area contributed by atoms with Gasteiger partial charge < -0.3 is 10.3 Å². The first-order valence-corrected chi connectivity index (χ1v) is 7.74. The zero-order valence-corrected chi connectivity index (χ0v) is 13.1. The van der Waals surface area contributed by atoms with Crippen LogP contribution < -0.4 is 11.0 Å². The number of carbonyl (C=O) groups is 1. The van der Waals surface area contributed by atoms with Crippen molar-refractivity contribution in [2.45, 2.75) is 13.0 Å². The Balaban J connectivity index is 1.66. The van der Waals surface area contributed by atoms with Gasteiger partial charge >= 0.3 is 5.69 Å². The van der Waals surface area contributed by atoms with Gasteiger partial charge in [0.1, 0.15) is 5.69 Å². The smallest absolute Gasteiger partial charge is 0.326 e. The summed E-state index contributed by atoms with van der Waals surface area (Å²) in [4.78, 5) is 31.1. The average Bonchev–Trinajstić information content (AvgIpc) is 2.97. The molecule has 122 valence electrons. The summed E-state index contributed by atoms with van der Waals surface area (Å²) in [6, 6.07) is 15.2. The lowest BCUT2D eigenvalue weighted by molar-refractivity contribution is 0.0945. The summed E-state index contributed by atoms with van der Waals surface area (Å²) < 4.78 is 1.44. The van der Waals surface area contributed by atoms with Crippen molar-refractivity contribution in [1.82, 2.24) is 19.9 Å². The number of benzene rings is 1. The van der Waals surface area contributed by atoms with Crippen LogP contribution in [0.25, 0.3) is 0 Å². The quantitative estimate of drug-likeness (QED) is 0.723. The van der Waals surface area contributed by atoms with Crippen LogP contribution in [0.15, 0.2) is 65.7 Å². The SMILES string of the molecule is O=C(NCCc1ccccn1)c1c[nH]c(=O)n1Cc1ccccc1. The van der Waals surface area contributed by atoms with Crippen LogP contribution in [0.3, 0.4) is 0 Å². The Morgan fingerprint density at radius 1 is 1.12 bits per heavy atom. The van der Waals surface area contributed by atoms with Crippen molar-refractivity contribution in [3.05, 3.63) is 88.4 Å². The van der Waals surface area contributed by atoms with E-state index < -0.39 is 0 Å². The molecule has 6 nitrogen and oxygen atoms in total. The molecule has 3 rings (SSSR count). The Labute approximate surface area is 139 Å². The summed E-state index contributed by atoms with van der Waals surface area (Å²) in [5, 5.41) is 2.83. The summed E-state index contributed by atoms with van der Waals surface area (Å²) >= 11 is 0. The maximum absolute atomic E-state index is 12.3. The Morgan fingerprint density at radius 2 is 1.92 bits per heavy atom. The Hall–Kier alpha value is -3.15. The highest BCUT2D eigenvalue weighted by molar-refractivity contribution is 5.92. The minimum absolute atomic E-state index is 0.278. The minimum Gasteiger partial charge on any atom is -0.350 e. The maximum Gasteiger partial charge on any atom is 0.326 e. The molecule has 0 unspecified atom stereocenters. The van der Waals surface area contributed by atoms with Crippen molar-refractivity contribution in [3.8, 4) is 0 Å². The lowest BCUT2D eigenvalue weighted by atomic mass is 10.2. The van der Waals surface area contributed by atoms with Gasteiger partial charge in [-0.2, -0.15) is 0 Å². The number of carbonyl (C=O) groups excluding carboxylic acids is 1. The summed E-state index contributed by atoms with van der Waals surface area (Å²) in [5.41, 5.74) is 1.90. The predicted molar refractivity (Wildman–Crippen MR) is 90.9 cm³/mol. The fourth-order valence-electron chi connectivity index (χ4n) is 2.45. The first kappa shape index (κ1) is 15.7. The molecule has 0 bridgehead atoms. The fourth-order valence-corrected chi connectivity index (χ4v) is 2.45. The number of imidazole rings is 1. The number of aromatic nitrogens is 3. The molecule has 0 saturated carbocycles. The lowest BCUT2D eigenvalue weighted by Gasteiger charge is -2.08. The van der Waals surface area contributed by atoms with Crippen molar-refractivity contribution in [2.75, 3.05) is 6.54 Å². The van der Waals surface area contributed by atoms with Gasteiger partial charge in [0.25, 0.3) is 5.91 Å². The van der Waals surface area contributed by atoms with E-state index in [0.29, 0.717) is 25.2 Å². The van der Waals surface area contributed by atoms with Crippen molar-refractivity contribution in [1.29, 1.82) is 0 Å². The zero-order valence-electron chi connectivity index (χ0n) is 13.1. The molecule has 1 aromatic carbocycles. The minimum atomic E-state index is -0.297. The lowest BCUT2D eigenvalue weighted by Crippen LogP contribution is -2.30. The normalized spacial score (nSPS) is 10.5. The number of nitrogens with zero attached hydrogens (tertiary/aromatic N) is 2. The van der Waals surface area contributed by atoms with E-state index >= 15 is 0 Å². The number of aromatic amines is 1. The molecule has 1 amide bonds. The summed E-state index contributed by atoms with van der Waals surface area (Å²) in [6.45, 7) is 0.812. The van der Waals surface area contributed by atoms with Gasteiger partial charge in [0.15, 0.2) is 0 Å². The largest absolute Gasteiger partial charge is 0.350 e. The van der Waals surface area contributed by atoms with Gasteiger partial charge in [-0.1, -0.05) is 36.4 Å². The highest BCUT2D eigenvalue weighted by Gasteiger charge is 2.14. The summed E-state index contributed by atoms with van der Waals surface area (Å²) in [5.74, 6) is -0.278. The van der Waals surface area contributed by atoms with E-state index in [9.17, 15) is 9.59 Å². The van der Waals surface area contributed by atoms with E-state index in [1.54, 1.807) is 6.20 Å². The number of amides is 1. The molecule has 0 aliphatic heterocycles. The number of pyridine rings is 1. The third-order valence-corrected chi connectivity index (χ3v) is 3.68. The van der Waals surface area contributed by atoms with Gasteiger partial charge in [0, 0.05) is 31.1 Å². The van der Waals surface area contributed by atoms with Crippen LogP contribution in [0.4, 0.5) is 0 Å². The second-order valence-electron chi connectivity index (χ2n) is 5.38. The van der Waals surface area contributed by atoms with Crippen LogP contribution in [0.2, 0.25) is 0 Å². The number of nitrogens with one attached hydrogen (secondary N) is 2. The molecular formula is C18H18N4O2. The molecular weight excluding hydrogens is 304 g/mol. The topological polar surface area (TPSA) is 79.8 Å². The first-order chi connectivity index (χ1) is 11.7. The van der Waals surface area contributed by atoms with Gasteiger partial charge in [0.2, 0.25) is 0 Å². The highest BCUT2D eigenvalue weighted by atomic mass is 16.2. The second kappa shape index (κ2) is 7.41. The van der Waals surface area contributed by atoms with E-state index in [4.69, 9.17) is 0 Å². The molecule has 2 N–H and O–H groups in total. The van der Waals surface area contributed by atoms with Crippen LogP contribution >= 0.6 is 0 Å². The molecule has 0 fully saturated rings. The van der Waals surface area contributed by atoms with Crippen LogP contribution in [-0.2, 0) is 13.0 Å². The van der Waals surface area contributed by atoms with Gasteiger partial charge in [-0.05, 0) is 17.7 Å². The van der Waals surface area contributed by atoms with E-state index in [-0.39, 0.29) is 11.6 Å². The van der Waals surface area contributed by atoms with Crippen LogP contribution in [-0.4, -0.2) is 27.0 Å². The third-order valence-electron chi connectivity index (χ3n) is 3.68. The first-order valence-electron chi connectivity index (χ1n) is 7.74. The van der Waals surface area contributed by atoms with E-state index in [0.717, 1.165) is 11.3 Å². The van der Waals surface area contributed by atoms with Crippen LogP contribution in [0.1, 0.15) is 21.7 Å². The zero-order chi connectivity index (χ0) is 16.8. The Bertz CT molecular complexity index is 853. The summed E-state index contributed by atoms with van der Waals surface area (Å²) in [6.07, 6.45) is 3.81. The van der Waals surface area contributed by atoms with Crippen LogP contribution in [0.5, 0.6) is 0 Å². The number of H-pyrrole nitrogens is 1. The molecule has 2 aromatic heterocycles. The molecule has 0 atom stereocenters. The standard InChI is InChI=1S/C18H18N4O2/c23-17(20-11-9-15-8-4-5-10-19-15)16-12-21-18(24)22(16)13-14-6-2-1-3-7-14/h1-8,10,12H,9,11,13H2,(H,20,23)(H,21,24). The van der Waals surface area contributed by atoms with Gasteiger partial charge in [-0.25, -0.2) is 4.79 Å². The molecule has 24 heavy (non-hydrogen) atoms. The second-order valence-corrected chi connectivity index (χ2v) is 5.38. The molecule has 0 radical (unpaired) electrons. The highest BCUT2D eigenvalue weighted by Crippen LogP contribution is 2.04. The monoisotopic (exact) mass is 322 g/mol. The van der Waals surface area contributed by atoms with Crippen molar-refractivity contribution in [2.24, 2.45) is 0 Å². The van der Waals surface area contributed by atoms with Crippen molar-refractivity contribution in [3.63, 3.8) is 0 Å². The number of hydrogen-bond acceptors (Lipinski definition) is 3. The number of rotatable bonds is 6. The molecule has 0 spiro atoms. The van der Waals surface area contributed by atoms with Gasteiger partial charge in [-0.15, -0.1) is 0 Å². The molecule has 6 heteroatoms. The predicted octanol–water partition coefficient (Wildman–Crippen LogP) is 1.59. The maximum atomic E-state index is 12.3. The van der Waals surface area contributed by atoms with Gasteiger partial charge in [0.05, 0.1) is 6.54 Å².